The van der Waals surface area contributed by atoms with Gasteiger partial charge in [0, 0.05) is 20.6 Å². The standard InChI is InChI=1S/C12H25NO3/c1-5-6-7-8-9-11(14)13-10(2)12(15-3)16-4/h10,12H,5-9H2,1-4H3,(H,13,14). The summed E-state index contributed by atoms with van der Waals surface area (Å²) in [5.41, 5.74) is 0. The molecule has 0 aromatic rings. The Kier molecular flexibility index (Phi) is 9.24. The van der Waals surface area contributed by atoms with Crippen molar-refractivity contribution in [1.29, 1.82) is 0 Å². The van der Waals surface area contributed by atoms with Crippen LogP contribution in [0, 0.1) is 0 Å². The predicted octanol–water partition coefficient (Wildman–Crippen LogP) is 2.08. The summed E-state index contributed by atoms with van der Waals surface area (Å²) in [6.07, 6.45) is 4.67. The molecule has 16 heavy (non-hydrogen) atoms. The van der Waals surface area contributed by atoms with Crippen molar-refractivity contribution in [2.24, 2.45) is 0 Å². The highest BCUT2D eigenvalue weighted by atomic mass is 16.7. The number of unbranched alkanes of at least 4 members (excludes halogenated alkanes) is 3. The van der Waals surface area contributed by atoms with Gasteiger partial charge in [-0.1, -0.05) is 26.2 Å². The van der Waals surface area contributed by atoms with Crippen molar-refractivity contribution >= 4 is 5.91 Å². The number of carbonyl (C=O) groups excluding carboxylic acids is 1. The molecule has 1 atom stereocenters. The third-order valence-electron chi connectivity index (χ3n) is 2.52. The van der Waals surface area contributed by atoms with Crippen LogP contribution >= 0.6 is 0 Å². The summed E-state index contributed by atoms with van der Waals surface area (Å²) in [5.74, 6) is 0.0719. The lowest BCUT2D eigenvalue weighted by Crippen LogP contribution is -2.42. The minimum atomic E-state index is -0.375. The van der Waals surface area contributed by atoms with Crippen molar-refractivity contribution in [1.82, 2.24) is 5.32 Å². The molecule has 0 aliphatic rings. The summed E-state index contributed by atoms with van der Waals surface area (Å²) >= 11 is 0. The Morgan fingerprint density at radius 2 is 1.81 bits per heavy atom. The molecule has 4 heteroatoms. The van der Waals surface area contributed by atoms with Crippen LogP contribution < -0.4 is 5.32 Å². The molecular formula is C12H25NO3. The van der Waals surface area contributed by atoms with Gasteiger partial charge in [0.05, 0.1) is 6.04 Å². The lowest BCUT2D eigenvalue weighted by molar-refractivity contribution is -0.135. The average Bonchev–Trinajstić information content (AvgIpc) is 2.26. The van der Waals surface area contributed by atoms with Gasteiger partial charge in [-0.05, 0) is 13.3 Å². The van der Waals surface area contributed by atoms with Crippen molar-refractivity contribution in [3.63, 3.8) is 0 Å². The van der Waals surface area contributed by atoms with E-state index in [2.05, 4.69) is 12.2 Å². The SMILES string of the molecule is CCCCCCC(=O)NC(C)C(OC)OC. The Hall–Kier alpha value is -0.610. The number of carbonyl (C=O) groups is 1. The molecule has 0 aliphatic heterocycles. The number of methoxy groups -OCH3 is 2. The summed E-state index contributed by atoms with van der Waals surface area (Å²) < 4.78 is 10.1. The minimum Gasteiger partial charge on any atom is -0.354 e. The third kappa shape index (κ3) is 6.80. The van der Waals surface area contributed by atoms with Crippen LogP contribution in [0.15, 0.2) is 0 Å². The van der Waals surface area contributed by atoms with Crippen LogP contribution in [0.2, 0.25) is 0 Å². The van der Waals surface area contributed by atoms with Gasteiger partial charge >= 0.3 is 0 Å². The first kappa shape index (κ1) is 15.4. The molecule has 0 spiro atoms. The molecule has 0 aliphatic carbocycles. The summed E-state index contributed by atoms with van der Waals surface area (Å²) in [7, 11) is 3.14. The summed E-state index contributed by atoms with van der Waals surface area (Å²) in [6, 6.07) is -0.117. The zero-order chi connectivity index (χ0) is 12.4. The molecule has 4 nitrogen and oxygen atoms in total. The number of rotatable bonds is 9. The van der Waals surface area contributed by atoms with Gasteiger partial charge in [0.15, 0.2) is 6.29 Å². The Balaban J connectivity index is 3.68. The van der Waals surface area contributed by atoms with Gasteiger partial charge in [-0.25, -0.2) is 0 Å². The van der Waals surface area contributed by atoms with Gasteiger partial charge in [0.25, 0.3) is 0 Å². The second kappa shape index (κ2) is 9.60. The quantitative estimate of drug-likeness (QED) is 0.488. The van der Waals surface area contributed by atoms with Crippen LogP contribution in [0.1, 0.15) is 46.0 Å². The van der Waals surface area contributed by atoms with Crippen LogP contribution in [0.5, 0.6) is 0 Å². The third-order valence-corrected chi connectivity index (χ3v) is 2.52. The molecule has 0 saturated heterocycles. The van der Waals surface area contributed by atoms with Gasteiger partial charge < -0.3 is 14.8 Å². The minimum absolute atomic E-state index is 0.0719. The molecule has 0 bridgehead atoms. The highest BCUT2D eigenvalue weighted by Crippen LogP contribution is 2.04. The fourth-order valence-electron chi connectivity index (χ4n) is 1.61. The van der Waals surface area contributed by atoms with Crippen LogP contribution in [0.3, 0.4) is 0 Å². The number of amides is 1. The van der Waals surface area contributed by atoms with E-state index in [4.69, 9.17) is 9.47 Å². The van der Waals surface area contributed by atoms with Gasteiger partial charge in [0.2, 0.25) is 5.91 Å². The molecule has 0 aromatic heterocycles. The molecule has 1 unspecified atom stereocenters. The van der Waals surface area contributed by atoms with E-state index in [0.717, 1.165) is 12.8 Å². The average molecular weight is 231 g/mol. The first-order valence-electron chi connectivity index (χ1n) is 6.00. The smallest absolute Gasteiger partial charge is 0.220 e. The van der Waals surface area contributed by atoms with E-state index in [9.17, 15) is 4.79 Å². The van der Waals surface area contributed by atoms with Crippen LogP contribution in [0.25, 0.3) is 0 Å². The lowest BCUT2D eigenvalue weighted by Gasteiger charge is -2.22. The fraction of sp³-hybridized carbons (Fsp3) is 0.917. The zero-order valence-electron chi connectivity index (χ0n) is 10.9. The topological polar surface area (TPSA) is 47.6 Å². The molecule has 1 N–H and O–H groups in total. The summed E-state index contributed by atoms with van der Waals surface area (Å²) in [4.78, 5) is 11.5. The van der Waals surface area contributed by atoms with Crippen molar-refractivity contribution in [3.8, 4) is 0 Å². The van der Waals surface area contributed by atoms with Crippen molar-refractivity contribution in [3.05, 3.63) is 0 Å². The fourth-order valence-corrected chi connectivity index (χ4v) is 1.61. The van der Waals surface area contributed by atoms with Gasteiger partial charge in [0.1, 0.15) is 0 Å². The number of ether oxygens (including phenoxy) is 2. The van der Waals surface area contributed by atoms with Crippen LogP contribution in [-0.2, 0) is 14.3 Å². The van der Waals surface area contributed by atoms with E-state index in [1.807, 2.05) is 6.92 Å². The first-order chi connectivity index (χ1) is 7.65. The molecule has 1 amide bonds. The molecule has 0 rings (SSSR count). The van der Waals surface area contributed by atoms with Gasteiger partial charge in [-0.3, -0.25) is 4.79 Å². The number of nitrogens with one attached hydrogen (secondary N) is 1. The van der Waals surface area contributed by atoms with E-state index in [1.54, 1.807) is 14.2 Å². The van der Waals surface area contributed by atoms with Gasteiger partial charge in [-0.2, -0.15) is 0 Å². The van der Waals surface area contributed by atoms with Crippen molar-refractivity contribution in [2.45, 2.75) is 58.3 Å². The largest absolute Gasteiger partial charge is 0.354 e. The van der Waals surface area contributed by atoms with Crippen LogP contribution in [-0.4, -0.2) is 32.5 Å². The van der Waals surface area contributed by atoms with E-state index in [0.29, 0.717) is 6.42 Å². The normalized spacial score (nSPS) is 12.8. The Bertz CT molecular complexity index is 181. The van der Waals surface area contributed by atoms with Crippen LogP contribution in [0.4, 0.5) is 0 Å². The molecule has 96 valence electrons. The maximum atomic E-state index is 11.5. The molecule has 0 aromatic carbocycles. The molecule has 0 fully saturated rings. The zero-order valence-corrected chi connectivity index (χ0v) is 10.9. The maximum absolute atomic E-state index is 11.5. The van der Waals surface area contributed by atoms with Gasteiger partial charge in [-0.15, -0.1) is 0 Å². The van der Waals surface area contributed by atoms with Crippen molar-refractivity contribution in [2.75, 3.05) is 14.2 Å². The predicted molar refractivity (Wildman–Crippen MR) is 64.2 cm³/mol. The van der Waals surface area contributed by atoms with Crippen molar-refractivity contribution < 1.29 is 14.3 Å². The first-order valence-corrected chi connectivity index (χ1v) is 6.00. The Morgan fingerprint density at radius 1 is 1.19 bits per heavy atom. The summed E-state index contributed by atoms with van der Waals surface area (Å²) in [5, 5.41) is 2.87. The van der Waals surface area contributed by atoms with E-state index >= 15 is 0 Å². The highest BCUT2D eigenvalue weighted by Gasteiger charge is 2.17. The summed E-state index contributed by atoms with van der Waals surface area (Å²) in [6.45, 7) is 4.03. The monoisotopic (exact) mass is 231 g/mol. The molecule has 0 heterocycles. The molecule has 0 saturated carbocycles. The van der Waals surface area contributed by atoms with E-state index in [1.165, 1.54) is 12.8 Å². The second-order valence-corrected chi connectivity index (χ2v) is 4.01. The molecule has 0 radical (unpaired) electrons. The number of hydrogen-bond donors (Lipinski definition) is 1. The Labute approximate surface area is 98.7 Å². The second-order valence-electron chi connectivity index (χ2n) is 4.01. The van der Waals surface area contributed by atoms with E-state index < -0.39 is 0 Å². The Morgan fingerprint density at radius 3 is 2.31 bits per heavy atom. The maximum Gasteiger partial charge on any atom is 0.220 e. The highest BCUT2D eigenvalue weighted by molar-refractivity contribution is 5.76. The van der Waals surface area contributed by atoms with E-state index in [-0.39, 0.29) is 18.2 Å². The molecular weight excluding hydrogens is 206 g/mol. The number of hydrogen-bond acceptors (Lipinski definition) is 3. The lowest BCUT2D eigenvalue weighted by atomic mass is 10.1.